The van der Waals surface area contributed by atoms with Crippen molar-refractivity contribution in [3.63, 3.8) is 0 Å². The number of rotatable bonds is 3. The summed E-state index contributed by atoms with van der Waals surface area (Å²) in [6, 6.07) is 13.3. The van der Waals surface area contributed by atoms with Crippen molar-refractivity contribution in [1.82, 2.24) is 14.5 Å². The van der Waals surface area contributed by atoms with Gasteiger partial charge in [-0.3, -0.25) is 14.6 Å². The molecule has 3 aromatic rings. The van der Waals surface area contributed by atoms with Crippen LogP contribution in [0, 0.1) is 11.3 Å². The Morgan fingerprint density at radius 3 is 2.65 bits per heavy atom. The van der Waals surface area contributed by atoms with Gasteiger partial charge in [-0.15, -0.1) is 0 Å². The fourth-order valence-electron chi connectivity index (χ4n) is 5.51. The molecule has 0 unspecified atom stereocenters. The molecule has 2 aromatic heterocycles. The van der Waals surface area contributed by atoms with Gasteiger partial charge in [0.15, 0.2) is 0 Å². The van der Waals surface area contributed by atoms with Gasteiger partial charge in [-0.1, -0.05) is 12.1 Å². The van der Waals surface area contributed by atoms with Crippen molar-refractivity contribution in [3.8, 4) is 11.8 Å². The first-order chi connectivity index (χ1) is 19.0. The zero-order valence-electron chi connectivity index (χ0n) is 24.0. The minimum absolute atomic E-state index is 0.0813. The second-order valence-electron chi connectivity index (χ2n) is 11.6. The number of nitriles is 1. The van der Waals surface area contributed by atoms with Crippen LogP contribution in [0.5, 0.6) is 5.75 Å². The largest absolute Gasteiger partial charge is 0.489 e. The number of aromatic nitrogens is 2. The summed E-state index contributed by atoms with van der Waals surface area (Å²) in [5.41, 5.74) is 3.47. The summed E-state index contributed by atoms with van der Waals surface area (Å²) >= 11 is 0. The molecule has 0 N–H and O–H groups in total. The van der Waals surface area contributed by atoms with Crippen LogP contribution in [0.4, 0.5) is 16.2 Å². The second kappa shape index (κ2) is 10.5. The predicted octanol–water partition coefficient (Wildman–Crippen LogP) is 4.04. The standard InChI is InChI=1S/C30H36N6O4/c1-19-17-36(25-14-26(37)33(6)23-11-10-22(15-31)32-27(23)25)20(2)16-34(19)18-21-8-7-9-24-28(21)39-13-12-35(24)29(38)40-30(3,4)5/h7-11,14,19-20H,12-13,16-18H2,1-6H3/t19-,20+/m1/s1. The number of aryl methyl sites for hydroxylation is 1. The Labute approximate surface area is 234 Å². The summed E-state index contributed by atoms with van der Waals surface area (Å²) in [5, 5.41) is 9.43. The number of piperazine rings is 1. The smallest absolute Gasteiger partial charge is 0.415 e. The first-order valence-electron chi connectivity index (χ1n) is 13.6. The zero-order valence-corrected chi connectivity index (χ0v) is 24.0. The lowest BCUT2D eigenvalue weighted by Gasteiger charge is -2.45. The van der Waals surface area contributed by atoms with E-state index in [-0.39, 0.29) is 23.7 Å². The predicted molar refractivity (Wildman–Crippen MR) is 154 cm³/mol. The number of hydrogen-bond donors (Lipinski definition) is 0. The lowest BCUT2D eigenvalue weighted by molar-refractivity contribution is 0.0567. The summed E-state index contributed by atoms with van der Waals surface area (Å²) in [5.74, 6) is 0.715. The van der Waals surface area contributed by atoms with Crippen LogP contribution in [0.1, 0.15) is 45.9 Å². The molecule has 1 saturated heterocycles. The van der Waals surface area contributed by atoms with Gasteiger partial charge in [-0.05, 0) is 52.8 Å². The molecule has 0 radical (unpaired) electrons. The number of fused-ring (bicyclic) bond motifs is 2. The first-order valence-corrected chi connectivity index (χ1v) is 13.6. The molecule has 2 atom stereocenters. The molecule has 1 aromatic carbocycles. The highest BCUT2D eigenvalue weighted by Crippen LogP contribution is 2.37. The zero-order chi connectivity index (χ0) is 28.8. The minimum Gasteiger partial charge on any atom is -0.489 e. The van der Waals surface area contributed by atoms with Crippen LogP contribution < -0.4 is 20.1 Å². The minimum atomic E-state index is -0.585. The molecule has 0 aliphatic carbocycles. The average molecular weight is 545 g/mol. The molecule has 0 bridgehead atoms. The van der Waals surface area contributed by atoms with E-state index in [0.717, 1.165) is 23.5 Å². The maximum absolute atomic E-state index is 12.9. The highest BCUT2D eigenvalue weighted by molar-refractivity contribution is 5.91. The van der Waals surface area contributed by atoms with Crippen LogP contribution >= 0.6 is 0 Å². The molecule has 10 heteroatoms. The van der Waals surface area contributed by atoms with Crippen molar-refractivity contribution in [1.29, 1.82) is 5.26 Å². The van der Waals surface area contributed by atoms with Crippen molar-refractivity contribution in [2.45, 2.75) is 58.8 Å². The number of hydrogen-bond acceptors (Lipinski definition) is 8. The van der Waals surface area contributed by atoms with E-state index in [9.17, 15) is 14.9 Å². The van der Waals surface area contributed by atoms with Gasteiger partial charge in [0.2, 0.25) is 0 Å². The van der Waals surface area contributed by atoms with E-state index in [1.165, 1.54) is 0 Å². The summed E-state index contributed by atoms with van der Waals surface area (Å²) in [7, 11) is 1.72. The van der Waals surface area contributed by atoms with Crippen LogP contribution in [0.15, 0.2) is 41.2 Å². The van der Waals surface area contributed by atoms with Gasteiger partial charge in [0.1, 0.15) is 35.2 Å². The molecule has 0 saturated carbocycles. The first kappa shape index (κ1) is 27.5. The highest BCUT2D eigenvalue weighted by Gasteiger charge is 2.33. The number of anilines is 2. The molecule has 0 spiro atoms. The number of pyridine rings is 2. The Balaban J connectivity index is 1.40. The van der Waals surface area contributed by atoms with Crippen LogP contribution in [-0.4, -0.2) is 64.5 Å². The van der Waals surface area contributed by atoms with E-state index in [2.05, 4.69) is 34.7 Å². The number of nitrogens with zero attached hydrogens (tertiary/aromatic N) is 6. The Morgan fingerprint density at radius 2 is 1.93 bits per heavy atom. The topological polar surface area (TPSA) is 104 Å². The van der Waals surface area contributed by atoms with E-state index < -0.39 is 5.60 Å². The highest BCUT2D eigenvalue weighted by atomic mass is 16.6. The number of ether oxygens (including phenoxy) is 2. The third-order valence-electron chi connectivity index (χ3n) is 7.52. The molecular weight excluding hydrogens is 508 g/mol. The second-order valence-corrected chi connectivity index (χ2v) is 11.6. The molecular formula is C30H36N6O4. The lowest BCUT2D eigenvalue weighted by atomic mass is 10.0. The molecule has 4 heterocycles. The number of carbonyl (C=O) groups excluding carboxylic acids is 1. The molecule has 40 heavy (non-hydrogen) atoms. The number of para-hydroxylation sites is 1. The summed E-state index contributed by atoms with van der Waals surface area (Å²) in [6.07, 6.45) is -0.376. The van der Waals surface area contributed by atoms with Gasteiger partial charge >= 0.3 is 6.09 Å². The molecule has 210 valence electrons. The van der Waals surface area contributed by atoms with Gasteiger partial charge in [0.25, 0.3) is 5.56 Å². The normalized spacial score (nSPS) is 19.6. The van der Waals surface area contributed by atoms with Crippen LogP contribution in [-0.2, 0) is 18.3 Å². The van der Waals surface area contributed by atoms with Crippen LogP contribution in [0.2, 0.25) is 0 Å². The quantitative estimate of drug-likeness (QED) is 0.487. The van der Waals surface area contributed by atoms with Gasteiger partial charge in [-0.2, -0.15) is 5.26 Å². The Morgan fingerprint density at radius 1 is 1.15 bits per heavy atom. The van der Waals surface area contributed by atoms with E-state index >= 15 is 0 Å². The van der Waals surface area contributed by atoms with Crippen molar-refractivity contribution < 1.29 is 14.3 Å². The Bertz CT molecular complexity index is 1550. The molecule has 10 nitrogen and oxygen atoms in total. The van der Waals surface area contributed by atoms with Crippen LogP contribution in [0.25, 0.3) is 11.0 Å². The van der Waals surface area contributed by atoms with Gasteiger partial charge in [-0.25, -0.2) is 9.78 Å². The molecule has 2 aliphatic heterocycles. The SMILES string of the molecule is C[C@@H]1CN(c2cc(=O)n(C)c3ccc(C#N)nc23)[C@@H](C)CN1Cc1cccc2c1OCCN2C(=O)OC(C)(C)C. The molecule has 1 fully saturated rings. The number of benzene rings is 1. The van der Waals surface area contributed by atoms with E-state index in [1.54, 1.807) is 34.7 Å². The lowest BCUT2D eigenvalue weighted by Crippen LogP contribution is -2.56. The third-order valence-corrected chi connectivity index (χ3v) is 7.52. The number of carbonyl (C=O) groups is 1. The van der Waals surface area contributed by atoms with Crippen LogP contribution in [0.3, 0.4) is 0 Å². The van der Waals surface area contributed by atoms with Crippen molar-refractivity contribution in [3.05, 3.63) is 58.0 Å². The third kappa shape index (κ3) is 5.21. The summed E-state index contributed by atoms with van der Waals surface area (Å²) < 4.78 is 13.3. The van der Waals surface area contributed by atoms with E-state index in [0.29, 0.717) is 48.7 Å². The average Bonchev–Trinajstić information content (AvgIpc) is 2.91. The maximum Gasteiger partial charge on any atom is 0.415 e. The maximum atomic E-state index is 12.9. The molecule has 2 aliphatic rings. The summed E-state index contributed by atoms with van der Waals surface area (Å²) in [6.45, 7) is 12.8. The van der Waals surface area contributed by atoms with Crippen molar-refractivity contribution in [2.75, 3.05) is 36.0 Å². The summed E-state index contributed by atoms with van der Waals surface area (Å²) in [4.78, 5) is 36.6. The fourth-order valence-corrected chi connectivity index (χ4v) is 5.51. The number of amides is 1. The molecule has 1 amide bonds. The Hall–Kier alpha value is -4.10. The van der Waals surface area contributed by atoms with E-state index in [4.69, 9.17) is 9.47 Å². The van der Waals surface area contributed by atoms with Crippen molar-refractivity contribution in [2.24, 2.45) is 7.05 Å². The monoisotopic (exact) mass is 544 g/mol. The van der Waals surface area contributed by atoms with E-state index in [1.807, 2.05) is 39.0 Å². The fraction of sp³-hybridized carbons (Fsp3) is 0.467. The Kier molecular flexibility index (Phi) is 7.19. The van der Waals surface area contributed by atoms with Crippen molar-refractivity contribution >= 4 is 28.5 Å². The van der Waals surface area contributed by atoms with Gasteiger partial charge < -0.3 is 18.9 Å². The molecule has 5 rings (SSSR count). The van der Waals surface area contributed by atoms with Gasteiger partial charge in [0.05, 0.1) is 23.4 Å². The van der Waals surface area contributed by atoms with Gasteiger partial charge in [0, 0.05) is 50.4 Å².